The lowest BCUT2D eigenvalue weighted by molar-refractivity contribution is 0.444. The first-order valence-corrected chi connectivity index (χ1v) is 8.49. The second-order valence-corrected chi connectivity index (χ2v) is 6.52. The van der Waals surface area contributed by atoms with Crippen molar-refractivity contribution in [3.8, 4) is 11.1 Å². The predicted molar refractivity (Wildman–Crippen MR) is 95.2 cm³/mol. The number of fused-ring (bicyclic) bond motifs is 1. The van der Waals surface area contributed by atoms with Crippen molar-refractivity contribution in [2.75, 3.05) is 0 Å². The fraction of sp³-hybridized carbons (Fsp3) is 0.273. The highest BCUT2D eigenvalue weighted by molar-refractivity contribution is 5.88. The molecule has 0 N–H and O–H groups in total. The van der Waals surface area contributed by atoms with E-state index in [1.54, 1.807) is 5.56 Å². The Morgan fingerprint density at radius 3 is 2.14 bits per heavy atom. The summed E-state index contributed by atoms with van der Waals surface area (Å²) in [6.45, 7) is 0. The summed E-state index contributed by atoms with van der Waals surface area (Å²) in [6, 6.07) is 24.6. The maximum Gasteiger partial charge on any atom is -0.0162 e. The maximum absolute atomic E-state index is 2.42. The van der Waals surface area contributed by atoms with E-state index < -0.39 is 0 Å². The lowest BCUT2D eigenvalue weighted by atomic mass is 9.83. The molecular weight excluding hydrogens is 264 g/mol. The molecule has 0 saturated heterocycles. The van der Waals surface area contributed by atoms with Crippen molar-refractivity contribution >= 4 is 10.8 Å². The van der Waals surface area contributed by atoms with Gasteiger partial charge in [-0.1, -0.05) is 79.9 Å². The van der Waals surface area contributed by atoms with Gasteiger partial charge in [0, 0.05) is 0 Å². The molecule has 0 spiro atoms. The molecule has 0 bridgehead atoms. The highest BCUT2D eigenvalue weighted by Gasteiger charge is 2.15. The molecule has 3 aromatic carbocycles. The largest absolute Gasteiger partial charge is 0.0622 e. The molecule has 0 aromatic heterocycles. The third-order valence-electron chi connectivity index (χ3n) is 5.05. The second-order valence-electron chi connectivity index (χ2n) is 6.52. The molecule has 1 saturated carbocycles. The van der Waals surface area contributed by atoms with Crippen LogP contribution in [0.25, 0.3) is 21.9 Å². The van der Waals surface area contributed by atoms with Crippen LogP contribution in [0, 0.1) is 0 Å². The summed E-state index contributed by atoms with van der Waals surface area (Å²) in [6.07, 6.45) is 6.96. The third-order valence-corrected chi connectivity index (χ3v) is 5.05. The second kappa shape index (κ2) is 5.96. The first-order valence-electron chi connectivity index (χ1n) is 8.49. The standard InChI is InChI=1S/C22H22/c1-3-7-17(8-4-1)19-11-13-22-16-20(12-14-21(22)15-19)18-9-5-2-6-10-18/h1,3-4,7-8,11-16,18H,2,5-6,9-10H2. The first-order chi connectivity index (χ1) is 10.9. The summed E-state index contributed by atoms with van der Waals surface area (Å²) in [4.78, 5) is 0. The molecule has 1 fully saturated rings. The van der Waals surface area contributed by atoms with Crippen molar-refractivity contribution in [1.29, 1.82) is 0 Å². The third kappa shape index (κ3) is 2.66. The van der Waals surface area contributed by atoms with Crippen LogP contribution in [0.3, 0.4) is 0 Å². The van der Waals surface area contributed by atoms with E-state index in [1.165, 1.54) is 54.0 Å². The highest BCUT2D eigenvalue weighted by atomic mass is 14.2. The van der Waals surface area contributed by atoms with Crippen molar-refractivity contribution in [3.05, 3.63) is 72.3 Å². The lowest BCUT2D eigenvalue weighted by Gasteiger charge is -2.22. The zero-order valence-electron chi connectivity index (χ0n) is 13.0. The minimum atomic E-state index is 0.784. The number of benzene rings is 3. The van der Waals surface area contributed by atoms with Crippen molar-refractivity contribution < 1.29 is 0 Å². The Morgan fingerprint density at radius 1 is 0.591 bits per heavy atom. The van der Waals surface area contributed by atoms with Gasteiger partial charge in [0.2, 0.25) is 0 Å². The van der Waals surface area contributed by atoms with Gasteiger partial charge in [-0.2, -0.15) is 0 Å². The van der Waals surface area contributed by atoms with Gasteiger partial charge in [-0.05, 0) is 52.3 Å². The van der Waals surface area contributed by atoms with Gasteiger partial charge in [-0.15, -0.1) is 0 Å². The van der Waals surface area contributed by atoms with Gasteiger partial charge >= 0.3 is 0 Å². The summed E-state index contributed by atoms with van der Waals surface area (Å²) in [7, 11) is 0. The molecule has 0 atom stereocenters. The minimum absolute atomic E-state index is 0.784. The smallest absolute Gasteiger partial charge is 0.0162 e. The number of hydrogen-bond donors (Lipinski definition) is 0. The quantitative estimate of drug-likeness (QED) is 0.500. The monoisotopic (exact) mass is 286 g/mol. The van der Waals surface area contributed by atoms with Crippen molar-refractivity contribution in [2.45, 2.75) is 38.0 Å². The van der Waals surface area contributed by atoms with E-state index in [1.807, 2.05) is 0 Å². The van der Waals surface area contributed by atoms with Crippen molar-refractivity contribution in [3.63, 3.8) is 0 Å². The topological polar surface area (TPSA) is 0 Å². The Labute approximate surface area is 132 Å². The zero-order chi connectivity index (χ0) is 14.8. The molecule has 0 radical (unpaired) electrons. The lowest BCUT2D eigenvalue weighted by Crippen LogP contribution is -2.04. The van der Waals surface area contributed by atoms with E-state index in [2.05, 4.69) is 66.7 Å². The van der Waals surface area contributed by atoms with Crippen molar-refractivity contribution in [2.24, 2.45) is 0 Å². The fourth-order valence-corrected chi connectivity index (χ4v) is 3.76. The average Bonchev–Trinajstić information content (AvgIpc) is 2.62. The Morgan fingerprint density at radius 2 is 1.32 bits per heavy atom. The molecule has 0 heterocycles. The summed E-state index contributed by atoms with van der Waals surface area (Å²) < 4.78 is 0. The van der Waals surface area contributed by atoms with Crippen LogP contribution < -0.4 is 0 Å². The van der Waals surface area contributed by atoms with Crippen LogP contribution in [0.5, 0.6) is 0 Å². The molecule has 1 aliphatic rings. The van der Waals surface area contributed by atoms with Crippen LogP contribution in [-0.4, -0.2) is 0 Å². The molecule has 0 unspecified atom stereocenters. The number of rotatable bonds is 2. The molecule has 0 nitrogen and oxygen atoms in total. The van der Waals surface area contributed by atoms with Gasteiger partial charge in [0.1, 0.15) is 0 Å². The van der Waals surface area contributed by atoms with Crippen LogP contribution in [0.4, 0.5) is 0 Å². The van der Waals surface area contributed by atoms with Gasteiger partial charge < -0.3 is 0 Å². The highest BCUT2D eigenvalue weighted by Crippen LogP contribution is 2.34. The van der Waals surface area contributed by atoms with Gasteiger partial charge in [-0.3, -0.25) is 0 Å². The van der Waals surface area contributed by atoms with Crippen LogP contribution in [0.2, 0.25) is 0 Å². The van der Waals surface area contributed by atoms with Crippen LogP contribution in [0.1, 0.15) is 43.6 Å². The predicted octanol–water partition coefficient (Wildman–Crippen LogP) is 6.55. The zero-order valence-corrected chi connectivity index (χ0v) is 13.0. The van der Waals surface area contributed by atoms with Gasteiger partial charge in [0.05, 0.1) is 0 Å². The van der Waals surface area contributed by atoms with Gasteiger partial charge in [0.15, 0.2) is 0 Å². The molecule has 0 heteroatoms. The molecule has 3 aromatic rings. The Hall–Kier alpha value is -2.08. The fourth-order valence-electron chi connectivity index (χ4n) is 3.76. The molecule has 110 valence electrons. The summed E-state index contributed by atoms with van der Waals surface area (Å²) >= 11 is 0. The van der Waals surface area contributed by atoms with Crippen LogP contribution >= 0.6 is 0 Å². The average molecular weight is 286 g/mol. The van der Waals surface area contributed by atoms with E-state index >= 15 is 0 Å². The first kappa shape index (κ1) is 13.6. The molecule has 4 rings (SSSR count). The summed E-state index contributed by atoms with van der Waals surface area (Å²) in [5.74, 6) is 0.784. The van der Waals surface area contributed by atoms with E-state index in [4.69, 9.17) is 0 Å². The summed E-state index contributed by atoms with van der Waals surface area (Å²) in [5.41, 5.74) is 4.14. The summed E-state index contributed by atoms with van der Waals surface area (Å²) in [5, 5.41) is 2.73. The Balaban J connectivity index is 1.70. The minimum Gasteiger partial charge on any atom is -0.0622 e. The normalized spacial score (nSPS) is 16.0. The van der Waals surface area contributed by atoms with Crippen LogP contribution in [-0.2, 0) is 0 Å². The van der Waals surface area contributed by atoms with Crippen molar-refractivity contribution in [1.82, 2.24) is 0 Å². The Bertz CT molecular complexity index is 764. The van der Waals surface area contributed by atoms with Gasteiger partial charge in [0.25, 0.3) is 0 Å². The van der Waals surface area contributed by atoms with E-state index in [-0.39, 0.29) is 0 Å². The molecule has 0 aliphatic heterocycles. The molecule has 22 heavy (non-hydrogen) atoms. The Kier molecular flexibility index (Phi) is 3.68. The molecule has 0 amide bonds. The van der Waals surface area contributed by atoms with E-state index in [9.17, 15) is 0 Å². The SMILES string of the molecule is c1ccc(-c2ccc3cc(C4CCCCC4)ccc3c2)cc1. The maximum atomic E-state index is 2.42. The molecular formula is C22H22. The number of hydrogen-bond acceptors (Lipinski definition) is 0. The molecule has 1 aliphatic carbocycles. The van der Waals surface area contributed by atoms with Crippen LogP contribution in [0.15, 0.2) is 66.7 Å². The van der Waals surface area contributed by atoms with E-state index in [0.29, 0.717) is 0 Å². The van der Waals surface area contributed by atoms with Gasteiger partial charge in [-0.25, -0.2) is 0 Å². The van der Waals surface area contributed by atoms with E-state index in [0.717, 1.165) is 5.92 Å².